The van der Waals surface area contributed by atoms with Crippen molar-refractivity contribution in [1.29, 1.82) is 0 Å². The van der Waals surface area contributed by atoms with Gasteiger partial charge in [0.2, 0.25) is 0 Å². The monoisotopic (exact) mass is 182 g/mol. The molecule has 2 heterocycles. The van der Waals surface area contributed by atoms with Crippen LogP contribution < -0.4 is 0 Å². The summed E-state index contributed by atoms with van der Waals surface area (Å²) in [6.07, 6.45) is 3.30. The Labute approximate surface area is 77.5 Å². The van der Waals surface area contributed by atoms with Gasteiger partial charge in [-0.2, -0.15) is 0 Å². The van der Waals surface area contributed by atoms with Crippen molar-refractivity contribution in [3.05, 3.63) is 17.1 Å². The molecule has 0 radical (unpaired) electrons. The van der Waals surface area contributed by atoms with Crippen LogP contribution in [0.5, 0.6) is 0 Å². The predicted octanol–water partition coefficient (Wildman–Crippen LogP) is 3.05. The topological polar surface area (TPSA) is 13.1 Å². The fourth-order valence-electron chi connectivity index (χ4n) is 1.75. The van der Waals surface area contributed by atoms with Crippen molar-refractivity contribution in [2.24, 2.45) is 0 Å². The van der Waals surface area contributed by atoms with Crippen LogP contribution in [0.15, 0.2) is 9.31 Å². The molecule has 0 atom stereocenters. The van der Waals surface area contributed by atoms with Crippen molar-refractivity contribution in [2.75, 3.05) is 5.75 Å². The maximum absolute atomic E-state index is 5.77. The smallest absolute Gasteiger partial charge is 0.117 e. The van der Waals surface area contributed by atoms with Gasteiger partial charge in [0.1, 0.15) is 11.5 Å². The van der Waals surface area contributed by atoms with Crippen LogP contribution in [-0.4, -0.2) is 5.75 Å². The average Bonchev–Trinajstić information content (AvgIpc) is 2.63. The van der Waals surface area contributed by atoms with E-state index >= 15 is 0 Å². The van der Waals surface area contributed by atoms with Crippen LogP contribution in [0, 0.1) is 0 Å². The van der Waals surface area contributed by atoms with Crippen LogP contribution >= 0.6 is 11.8 Å². The van der Waals surface area contributed by atoms with E-state index in [-0.39, 0.29) is 0 Å². The molecule has 2 heteroatoms. The van der Waals surface area contributed by atoms with Gasteiger partial charge in [0.15, 0.2) is 0 Å². The lowest BCUT2D eigenvalue weighted by Crippen LogP contribution is -1.84. The van der Waals surface area contributed by atoms with E-state index in [1.807, 2.05) is 11.8 Å². The molecule has 0 aliphatic carbocycles. The zero-order chi connectivity index (χ0) is 8.55. The van der Waals surface area contributed by atoms with Crippen LogP contribution in [0.2, 0.25) is 0 Å². The quantitative estimate of drug-likeness (QED) is 0.697. The Morgan fingerprint density at radius 1 is 1.25 bits per heavy atom. The Balaban J connectivity index is 2.47. The Bertz CT molecular complexity index is 262. The molecule has 0 bridgehead atoms. The second-order valence-corrected chi connectivity index (χ2v) is 4.17. The van der Waals surface area contributed by atoms with Gasteiger partial charge in [-0.15, -0.1) is 11.8 Å². The van der Waals surface area contributed by atoms with Crippen LogP contribution in [0.3, 0.4) is 0 Å². The Morgan fingerprint density at radius 3 is 2.67 bits per heavy atom. The summed E-state index contributed by atoms with van der Waals surface area (Å²) in [5.41, 5.74) is 1.50. The molecule has 0 amide bonds. The number of hydrogen-bond acceptors (Lipinski definition) is 2. The summed E-state index contributed by atoms with van der Waals surface area (Å²) in [4.78, 5) is 1.45. The lowest BCUT2D eigenvalue weighted by atomic mass is 10.1. The molecule has 0 N–H and O–H groups in total. The van der Waals surface area contributed by atoms with E-state index in [9.17, 15) is 0 Å². The van der Waals surface area contributed by atoms with Gasteiger partial charge in [-0.1, -0.05) is 13.8 Å². The van der Waals surface area contributed by atoms with Gasteiger partial charge in [-0.25, -0.2) is 0 Å². The molecule has 1 nitrogen and oxygen atoms in total. The highest BCUT2D eigenvalue weighted by Gasteiger charge is 2.22. The molecule has 1 aliphatic rings. The number of rotatable bonds is 2. The summed E-state index contributed by atoms with van der Waals surface area (Å²) in [6, 6.07) is 0. The summed E-state index contributed by atoms with van der Waals surface area (Å²) >= 11 is 1.96. The molecule has 1 aromatic rings. The van der Waals surface area contributed by atoms with E-state index in [1.54, 1.807) is 0 Å². The summed E-state index contributed by atoms with van der Waals surface area (Å²) < 4.78 is 5.77. The first-order chi connectivity index (χ1) is 5.86. The molecule has 0 aromatic carbocycles. The second-order valence-electron chi connectivity index (χ2n) is 3.06. The fourth-order valence-corrected chi connectivity index (χ4v) is 2.99. The van der Waals surface area contributed by atoms with E-state index in [0.717, 1.165) is 12.8 Å². The van der Waals surface area contributed by atoms with Gasteiger partial charge in [0.25, 0.3) is 0 Å². The van der Waals surface area contributed by atoms with E-state index in [2.05, 4.69) is 13.8 Å². The minimum Gasteiger partial charge on any atom is -0.465 e. The summed E-state index contributed by atoms with van der Waals surface area (Å²) in [7, 11) is 0. The highest BCUT2D eigenvalue weighted by Crippen LogP contribution is 2.39. The number of fused-ring (bicyclic) bond motifs is 1. The van der Waals surface area contributed by atoms with E-state index < -0.39 is 0 Å². The maximum atomic E-state index is 5.77. The molecule has 1 aliphatic heterocycles. The molecule has 0 fully saturated rings. The first-order valence-corrected chi connectivity index (χ1v) is 5.61. The number of hydrogen-bond donors (Lipinski definition) is 0. The average molecular weight is 182 g/mol. The molecule has 66 valence electrons. The molecule has 0 saturated heterocycles. The van der Waals surface area contributed by atoms with Crippen molar-refractivity contribution in [3.63, 3.8) is 0 Å². The fraction of sp³-hybridized carbons (Fsp3) is 0.600. The molecular formula is C10H14OS. The molecule has 2 rings (SSSR count). The van der Waals surface area contributed by atoms with Gasteiger partial charge >= 0.3 is 0 Å². The summed E-state index contributed by atoms with van der Waals surface area (Å²) in [5, 5.41) is 0. The van der Waals surface area contributed by atoms with E-state index in [0.29, 0.717) is 0 Å². The van der Waals surface area contributed by atoms with Crippen LogP contribution in [0.4, 0.5) is 0 Å². The highest BCUT2D eigenvalue weighted by atomic mass is 32.2. The Hall–Kier alpha value is -0.370. The third-order valence-corrected chi connectivity index (χ3v) is 3.52. The number of furan rings is 1. The van der Waals surface area contributed by atoms with Crippen molar-refractivity contribution in [2.45, 2.75) is 38.0 Å². The second kappa shape index (κ2) is 3.17. The Kier molecular flexibility index (Phi) is 2.18. The first-order valence-electron chi connectivity index (χ1n) is 4.63. The number of thioether (sulfide) groups is 1. The van der Waals surface area contributed by atoms with E-state index in [1.165, 1.54) is 34.2 Å². The lowest BCUT2D eigenvalue weighted by molar-refractivity contribution is 0.466. The lowest BCUT2D eigenvalue weighted by Gasteiger charge is -1.93. The molecule has 1 aromatic heterocycles. The van der Waals surface area contributed by atoms with Gasteiger partial charge in [-0.3, -0.25) is 0 Å². The first kappa shape index (κ1) is 8.24. The predicted molar refractivity (Wildman–Crippen MR) is 51.9 cm³/mol. The van der Waals surface area contributed by atoms with Gasteiger partial charge in [-0.05, 0) is 6.42 Å². The van der Waals surface area contributed by atoms with Crippen molar-refractivity contribution in [1.82, 2.24) is 0 Å². The SMILES string of the molecule is CCc1oc(CC)c2c1CCS2. The zero-order valence-corrected chi connectivity index (χ0v) is 8.46. The molecule has 0 spiro atoms. The van der Waals surface area contributed by atoms with Crippen molar-refractivity contribution >= 4 is 11.8 Å². The van der Waals surface area contributed by atoms with Gasteiger partial charge < -0.3 is 4.42 Å². The normalized spacial score (nSPS) is 15.2. The standard InChI is InChI=1S/C10H14OS/c1-3-8-7-5-6-12-10(7)9(4-2)11-8/h3-6H2,1-2H3. The minimum atomic E-state index is 1.04. The molecule has 0 unspecified atom stereocenters. The molecular weight excluding hydrogens is 168 g/mol. The third kappa shape index (κ3) is 1.09. The highest BCUT2D eigenvalue weighted by molar-refractivity contribution is 7.99. The van der Waals surface area contributed by atoms with E-state index in [4.69, 9.17) is 4.42 Å². The molecule has 12 heavy (non-hydrogen) atoms. The van der Waals surface area contributed by atoms with Gasteiger partial charge in [0.05, 0.1) is 4.90 Å². The van der Waals surface area contributed by atoms with Crippen LogP contribution in [0.25, 0.3) is 0 Å². The summed E-state index contributed by atoms with van der Waals surface area (Å²) in [6.45, 7) is 4.33. The van der Waals surface area contributed by atoms with Crippen LogP contribution in [0.1, 0.15) is 30.9 Å². The van der Waals surface area contributed by atoms with Gasteiger partial charge in [0, 0.05) is 24.2 Å². The maximum Gasteiger partial charge on any atom is 0.117 e. The Morgan fingerprint density at radius 2 is 2.00 bits per heavy atom. The third-order valence-electron chi connectivity index (χ3n) is 2.35. The minimum absolute atomic E-state index is 1.04. The number of aryl methyl sites for hydroxylation is 2. The van der Waals surface area contributed by atoms with Crippen LogP contribution in [-0.2, 0) is 19.3 Å². The van der Waals surface area contributed by atoms with Crippen molar-refractivity contribution in [3.8, 4) is 0 Å². The zero-order valence-electron chi connectivity index (χ0n) is 7.64. The summed E-state index contributed by atoms with van der Waals surface area (Å²) in [5.74, 6) is 3.69. The molecule has 0 saturated carbocycles. The van der Waals surface area contributed by atoms with Crippen molar-refractivity contribution < 1.29 is 4.42 Å². The largest absolute Gasteiger partial charge is 0.465 e.